The van der Waals surface area contributed by atoms with Crippen LogP contribution in [0.5, 0.6) is 17.2 Å². The lowest BCUT2D eigenvalue weighted by Crippen LogP contribution is -2.64. The second-order valence-corrected chi connectivity index (χ2v) is 12.7. The molecule has 4 aromatic carbocycles. The van der Waals surface area contributed by atoms with Crippen LogP contribution in [0.3, 0.4) is 0 Å². The molecule has 0 saturated carbocycles. The van der Waals surface area contributed by atoms with Gasteiger partial charge in [0.25, 0.3) is 0 Å². The number of aliphatic hydroxyl groups is 1. The highest BCUT2D eigenvalue weighted by Crippen LogP contribution is 2.48. The van der Waals surface area contributed by atoms with Crippen LogP contribution in [-0.2, 0) is 16.5 Å². The molecule has 230 valence electrons. The molecule has 2 aliphatic heterocycles. The standard InChI is InChI=1S/C32H31F3N4O4S/c1-36-44(41,24-17-15-23(16-18-24)43-32(33,34)35)37-25-20-38(19-22-9-3-2-4-10-22)21-28(31(25)40)39-26-11-5-7-13-29(26)42-30-14-8-6-12-27(30)39/h2-18,25,28,31,40H,19-21H2,1H3,(H,36,37,41). The van der Waals surface area contributed by atoms with Gasteiger partial charge in [-0.25, -0.2) is 13.3 Å². The van der Waals surface area contributed by atoms with Crippen LogP contribution in [0.25, 0.3) is 0 Å². The maximum atomic E-state index is 14.2. The Labute approximate surface area is 254 Å². The molecule has 1 saturated heterocycles. The minimum absolute atomic E-state index is 0.167. The number of para-hydroxylation sites is 4. The summed E-state index contributed by atoms with van der Waals surface area (Å²) in [4.78, 5) is 4.42. The number of alkyl halides is 3. The molecule has 0 aromatic heterocycles. The van der Waals surface area contributed by atoms with E-state index in [2.05, 4.69) is 23.6 Å². The highest BCUT2D eigenvalue weighted by atomic mass is 32.2. The first-order chi connectivity index (χ1) is 21.1. The Balaban J connectivity index is 1.36. The van der Waals surface area contributed by atoms with Crippen molar-refractivity contribution in [1.29, 1.82) is 0 Å². The predicted octanol–water partition coefficient (Wildman–Crippen LogP) is 6.10. The van der Waals surface area contributed by atoms with Gasteiger partial charge in [0.1, 0.15) is 15.7 Å². The predicted molar refractivity (Wildman–Crippen MR) is 161 cm³/mol. The summed E-state index contributed by atoms with van der Waals surface area (Å²) < 4.78 is 69.7. The number of anilines is 2. The zero-order valence-corrected chi connectivity index (χ0v) is 24.5. The number of hydrogen-bond donors (Lipinski definition) is 2. The van der Waals surface area contributed by atoms with E-state index < -0.39 is 40.2 Å². The van der Waals surface area contributed by atoms with Crippen molar-refractivity contribution in [2.75, 3.05) is 25.0 Å². The minimum atomic E-state index is -4.85. The van der Waals surface area contributed by atoms with Crippen molar-refractivity contribution in [2.24, 2.45) is 4.36 Å². The van der Waals surface area contributed by atoms with Crippen LogP contribution in [0.1, 0.15) is 5.56 Å². The fourth-order valence-electron chi connectivity index (χ4n) is 5.76. The number of rotatable bonds is 7. The van der Waals surface area contributed by atoms with Crippen molar-refractivity contribution in [3.63, 3.8) is 0 Å². The molecule has 12 heteroatoms. The van der Waals surface area contributed by atoms with Crippen molar-refractivity contribution in [1.82, 2.24) is 9.62 Å². The fraction of sp³-hybridized carbons (Fsp3) is 0.250. The minimum Gasteiger partial charge on any atom is -0.453 e. The summed E-state index contributed by atoms with van der Waals surface area (Å²) in [5, 5.41) is 12.0. The van der Waals surface area contributed by atoms with E-state index in [0.717, 1.165) is 29.1 Å². The van der Waals surface area contributed by atoms with E-state index in [-0.39, 0.29) is 4.90 Å². The van der Waals surface area contributed by atoms with Crippen LogP contribution in [0, 0.1) is 0 Å². The molecule has 2 heterocycles. The Hall–Kier alpha value is -4.10. The highest BCUT2D eigenvalue weighted by Gasteiger charge is 2.43. The first-order valence-corrected chi connectivity index (χ1v) is 15.5. The van der Waals surface area contributed by atoms with E-state index in [0.29, 0.717) is 31.1 Å². The lowest BCUT2D eigenvalue weighted by atomic mass is 9.94. The van der Waals surface area contributed by atoms with E-state index in [1.165, 1.54) is 19.2 Å². The van der Waals surface area contributed by atoms with Crippen LogP contribution in [0.15, 0.2) is 112 Å². The lowest BCUT2D eigenvalue weighted by Gasteiger charge is -2.48. The molecule has 2 N–H and O–H groups in total. The third-order valence-electron chi connectivity index (χ3n) is 7.70. The number of piperidine rings is 1. The van der Waals surface area contributed by atoms with Gasteiger partial charge in [0.05, 0.1) is 34.5 Å². The van der Waals surface area contributed by atoms with Crippen LogP contribution in [-0.4, -0.2) is 58.9 Å². The second-order valence-electron chi connectivity index (χ2n) is 10.6. The van der Waals surface area contributed by atoms with Crippen molar-refractivity contribution in [3.8, 4) is 17.2 Å². The Bertz CT molecular complexity index is 1680. The summed E-state index contributed by atoms with van der Waals surface area (Å²) in [7, 11) is -1.99. The zero-order valence-electron chi connectivity index (χ0n) is 23.7. The largest absolute Gasteiger partial charge is 0.573 e. The zero-order chi connectivity index (χ0) is 30.9. The average molecular weight is 625 g/mol. The van der Waals surface area contributed by atoms with Crippen molar-refractivity contribution in [3.05, 3.63) is 109 Å². The van der Waals surface area contributed by atoms with Gasteiger partial charge in [-0.2, -0.15) is 0 Å². The van der Waals surface area contributed by atoms with Gasteiger partial charge in [0.2, 0.25) is 0 Å². The molecule has 0 aliphatic carbocycles. The molecule has 8 nitrogen and oxygen atoms in total. The van der Waals surface area contributed by atoms with Gasteiger partial charge >= 0.3 is 6.36 Å². The number of hydrogen-bond acceptors (Lipinski definition) is 7. The average Bonchev–Trinajstić information content (AvgIpc) is 3.01. The van der Waals surface area contributed by atoms with Gasteiger partial charge in [-0.1, -0.05) is 54.6 Å². The van der Waals surface area contributed by atoms with Gasteiger partial charge < -0.3 is 19.5 Å². The molecule has 44 heavy (non-hydrogen) atoms. The van der Waals surface area contributed by atoms with Crippen LogP contribution >= 0.6 is 0 Å². The van der Waals surface area contributed by atoms with E-state index in [4.69, 9.17) is 4.74 Å². The molecule has 0 bridgehead atoms. The van der Waals surface area contributed by atoms with Crippen molar-refractivity contribution in [2.45, 2.75) is 36.0 Å². The van der Waals surface area contributed by atoms with E-state index >= 15 is 0 Å². The molecular formula is C32H31F3N4O4S. The van der Waals surface area contributed by atoms with Gasteiger partial charge in [0.15, 0.2) is 11.5 Å². The molecule has 1 fully saturated rings. The van der Waals surface area contributed by atoms with Crippen LogP contribution < -0.4 is 19.1 Å². The van der Waals surface area contributed by atoms with Crippen molar-refractivity contribution >= 4 is 21.3 Å². The monoisotopic (exact) mass is 624 g/mol. The fourth-order valence-corrected chi connectivity index (χ4v) is 7.34. The van der Waals surface area contributed by atoms with Crippen LogP contribution in [0.2, 0.25) is 0 Å². The summed E-state index contributed by atoms with van der Waals surface area (Å²) in [6, 6.07) is 28.7. The van der Waals surface area contributed by atoms with Gasteiger partial charge in [-0.3, -0.25) is 4.90 Å². The van der Waals surface area contributed by atoms with E-state index in [1.54, 1.807) is 0 Å². The Morgan fingerprint density at radius 1 is 0.909 bits per heavy atom. The molecule has 0 radical (unpaired) electrons. The molecular weight excluding hydrogens is 593 g/mol. The highest BCUT2D eigenvalue weighted by molar-refractivity contribution is 7.91. The number of halogens is 3. The molecule has 6 rings (SSSR count). The molecule has 4 atom stereocenters. The van der Waals surface area contributed by atoms with Crippen LogP contribution in [0.4, 0.5) is 24.5 Å². The van der Waals surface area contributed by atoms with Crippen molar-refractivity contribution < 1.29 is 32.0 Å². The number of nitrogens with zero attached hydrogens (tertiary/aromatic N) is 3. The Kier molecular flexibility index (Phi) is 8.25. The smallest absolute Gasteiger partial charge is 0.453 e. The number of likely N-dealkylation sites (tertiary alicyclic amines) is 1. The topological polar surface area (TPSA) is 86.6 Å². The first-order valence-electron chi connectivity index (χ1n) is 14.0. The number of nitrogens with one attached hydrogen (secondary N) is 1. The van der Waals surface area contributed by atoms with E-state index in [1.807, 2.05) is 78.9 Å². The van der Waals surface area contributed by atoms with E-state index in [9.17, 15) is 22.5 Å². The summed E-state index contributed by atoms with van der Waals surface area (Å²) in [6.45, 7) is 1.39. The third-order valence-corrected chi connectivity index (χ3v) is 9.75. The summed E-state index contributed by atoms with van der Waals surface area (Å²) in [5.74, 6) is 0.865. The molecule has 4 aromatic rings. The lowest BCUT2D eigenvalue weighted by molar-refractivity contribution is -0.274. The first kappa shape index (κ1) is 29.9. The second kappa shape index (κ2) is 12.1. The van der Waals surface area contributed by atoms with Gasteiger partial charge in [-0.15, -0.1) is 13.2 Å². The van der Waals surface area contributed by atoms with Gasteiger partial charge in [-0.05, 0) is 54.1 Å². The quantitative estimate of drug-likeness (QED) is 0.258. The Morgan fingerprint density at radius 3 is 2.09 bits per heavy atom. The number of fused-ring (bicyclic) bond motifs is 2. The normalized spacial score (nSPS) is 21.4. The number of benzene rings is 4. The third kappa shape index (κ3) is 6.25. The molecule has 0 amide bonds. The summed E-state index contributed by atoms with van der Waals surface area (Å²) in [6.07, 6.45) is -5.88. The number of aliphatic hydroxyl groups excluding tert-OH is 1. The SMILES string of the molecule is CN=S(=O)(NC1CN(Cc2ccccc2)CC(N2c3ccccc3Oc3ccccc32)C1O)c1ccc(OC(F)(F)F)cc1. The molecule has 2 aliphatic rings. The maximum Gasteiger partial charge on any atom is 0.573 e. The summed E-state index contributed by atoms with van der Waals surface area (Å²) in [5.41, 5.74) is 2.65. The number of ether oxygens (including phenoxy) is 2. The summed E-state index contributed by atoms with van der Waals surface area (Å²) >= 11 is 0. The Morgan fingerprint density at radius 2 is 1.50 bits per heavy atom. The molecule has 4 unspecified atom stereocenters. The molecule has 0 spiro atoms. The maximum absolute atomic E-state index is 14.2. The van der Waals surface area contributed by atoms with Gasteiger partial charge in [0, 0.05) is 26.7 Å².